The van der Waals surface area contributed by atoms with Gasteiger partial charge in [0.1, 0.15) is 5.75 Å². The Bertz CT molecular complexity index is 330. The SMILES string of the molecule is CCC(NC(CO)COC)c1ccccc1O. The molecule has 0 spiro atoms. The van der Waals surface area contributed by atoms with Gasteiger partial charge in [0.15, 0.2) is 0 Å². The van der Waals surface area contributed by atoms with Crippen LogP contribution in [0.5, 0.6) is 5.75 Å². The number of hydrogen-bond acceptors (Lipinski definition) is 4. The molecule has 2 atom stereocenters. The maximum Gasteiger partial charge on any atom is 0.120 e. The van der Waals surface area contributed by atoms with E-state index in [1.165, 1.54) is 0 Å². The van der Waals surface area contributed by atoms with Gasteiger partial charge in [-0.2, -0.15) is 0 Å². The highest BCUT2D eigenvalue weighted by Gasteiger charge is 2.17. The molecule has 0 saturated heterocycles. The molecule has 4 nitrogen and oxygen atoms in total. The van der Waals surface area contributed by atoms with Gasteiger partial charge >= 0.3 is 0 Å². The van der Waals surface area contributed by atoms with E-state index in [0.29, 0.717) is 6.61 Å². The van der Waals surface area contributed by atoms with Crippen molar-refractivity contribution in [3.8, 4) is 5.75 Å². The van der Waals surface area contributed by atoms with Crippen LogP contribution in [0.15, 0.2) is 24.3 Å². The number of benzene rings is 1. The van der Waals surface area contributed by atoms with E-state index >= 15 is 0 Å². The van der Waals surface area contributed by atoms with Crippen LogP contribution in [0.1, 0.15) is 24.9 Å². The van der Waals surface area contributed by atoms with Crippen LogP contribution in [0.25, 0.3) is 0 Å². The van der Waals surface area contributed by atoms with Gasteiger partial charge in [-0.05, 0) is 12.5 Å². The quantitative estimate of drug-likeness (QED) is 0.674. The lowest BCUT2D eigenvalue weighted by molar-refractivity contribution is 0.121. The minimum atomic E-state index is -0.121. The zero-order valence-electron chi connectivity index (χ0n) is 10.4. The molecule has 0 amide bonds. The molecular weight excluding hydrogens is 218 g/mol. The van der Waals surface area contributed by atoms with Crippen molar-refractivity contribution in [1.82, 2.24) is 5.32 Å². The zero-order valence-corrected chi connectivity index (χ0v) is 10.4. The van der Waals surface area contributed by atoms with Gasteiger partial charge in [0.05, 0.1) is 19.3 Å². The summed E-state index contributed by atoms with van der Waals surface area (Å²) in [4.78, 5) is 0. The first-order valence-corrected chi connectivity index (χ1v) is 5.86. The van der Waals surface area contributed by atoms with Gasteiger partial charge in [-0.1, -0.05) is 25.1 Å². The molecule has 0 aliphatic carbocycles. The van der Waals surface area contributed by atoms with E-state index in [1.807, 2.05) is 19.1 Å². The van der Waals surface area contributed by atoms with Crippen molar-refractivity contribution < 1.29 is 14.9 Å². The van der Waals surface area contributed by atoms with E-state index in [4.69, 9.17) is 4.74 Å². The Labute approximate surface area is 102 Å². The van der Waals surface area contributed by atoms with Gasteiger partial charge in [0, 0.05) is 18.7 Å². The van der Waals surface area contributed by atoms with Gasteiger partial charge in [-0.3, -0.25) is 0 Å². The molecule has 0 bridgehead atoms. The molecule has 0 fully saturated rings. The third-order valence-electron chi connectivity index (χ3n) is 2.75. The molecule has 0 aliphatic heterocycles. The molecule has 0 aliphatic rings. The molecule has 3 N–H and O–H groups in total. The first-order valence-electron chi connectivity index (χ1n) is 5.86. The summed E-state index contributed by atoms with van der Waals surface area (Å²) in [6.45, 7) is 2.49. The molecule has 17 heavy (non-hydrogen) atoms. The number of nitrogens with one attached hydrogen (secondary N) is 1. The van der Waals surface area contributed by atoms with E-state index in [-0.39, 0.29) is 24.4 Å². The second kappa shape index (κ2) is 7.27. The summed E-state index contributed by atoms with van der Waals surface area (Å²) in [7, 11) is 1.60. The standard InChI is InChI=1S/C13H21NO3/c1-3-12(14-10(8-15)9-17-2)11-6-4-5-7-13(11)16/h4-7,10,12,14-16H,3,8-9H2,1-2H3. The number of rotatable bonds is 7. The lowest BCUT2D eigenvalue weighted by Crippen LogP contribution is -2.38. The van der Waals surface area contributed by atoms with E-state index in [2.05, 4.69) is 5.32 Å². The summed E-state index contributed by atoms with van der Waals surface area (Å²) in [6.07, 6.45) is 0.831. The largest absolute Gasteiger partial charge is 0.508 e. The lowest BCUT2D eigenvalue weighted by Gasteiger charge is -2.24. The fraction of sp³-hybridized carbons (Fsp3) is 0.538. The number of phenols is 1. The van der Waals surface area contributed by atoms with Crippen LogP contribution in [-0.4, -0.2) is 36.6 Å². The average Bonchev–Trinajstić information content (AvgIpc) is 2.35. The van der Waals surface area contributed by atoms with Crippen LogP contribution >= 0.6 is 0 Å². The fourth-order valence-electron chi connectivity index (χ4n) is 1.85. The fourth-order valence-corrected chi connectivity index (χ4v) is 1.85. The highest BCUT2D eigenvalue weighted by atomic mass is 16.5. The van der Waals surface area contributed by atoms with Crippen molar-refractivity contribution in [1.29, 1.82) is 0 Å². The highest BCUT2D eigenvalue weighted by Crippen LogP contribution is 2.26. The van der Waals surface area contributed by atoms with Crippen molar-refractivity contribution in [2.24, 2.45) is 0 Å². The topological polar surface area (TPSA) is 61.7 Å². The van der Waals surface area contributed by atoms with E-state index in [9.17, 15) is 10.2 Å². The van der Waals surface area contributed by atoms with Crippen LogP contribution in [0, 0.1) is 0 Å². The summed E-state index contributed by atoms with van der Waals surface area (Å²) in [5, 5.41) is 22.3. The van der Waals surface area contributed by atoms with E-state index in [1.54, 1.807) is 19.2 Å². The summed E-state index contributed by atoms with van der Waals surface area (Å²) in [6, 6.07) is 7.14. The Hall–Kier alpha value is -1.10. The predicted octanol–water partition coefficient (Wildman–Crippen LogP) is 1.44. The van der Waals surface area contributed by atoms with Crippen molar-refractivity contribution in [2.45, 2.75) is 25.4 Å². The molecule has 0 heterocycles. The van der Waals surface area contributed by atoms with Crippen molar-refractivity contribution in [2.75, 3.05) is 20.3 Å². The van der Waals surface area contributed by atoms with Gasteiger partial charge in [0.2, 0.25) is 0 Å². The third-order valence-corrected chi connectivity index (χ3v) is 2.75. The van der Waals surface area contributed by atoms with Crippen LogP contribution in [0.4, 0.5) is 0 Å². The number of hydrogen-bond donors (Lipinski definition) is 3. The normalized spacial score (nSPS) is 14.5. The van der Waals surface area contributed by atoms with Crippen LogP contribution < -0.4 is 5.32 Å². The van der Waals surface area contributed by atoms with Gasteiger partial charge in [0.25, 0.3) is 0 Å². The van der Waals surface area contributed by atoms with Gasteiger partial charge < -0.3 is 20.3 Å². The van der Waals surface area contributed by atoms with Crippen molar-refractivity contribution >= 4 is 0 Å². The molecule has 4 heteroatoms. The summed E-state index contributed by atoms with van der Waals surface area (Å²) < 4.78 is 5.02. The first kappa shape index (κ1) is 14.0. The predicted molar refractivity (Wildman–Crippen MR) is 67.0 cm³/mol. The smallest absolute Gasteiger partial charge is 0.120 e. The molecular formula is C13H21NO3. The number of para-hydroxylation sites is 1. The zero-order chi connectivity index (χ0) is 12.7. The molecule has 0 radical (unpaired) electrons. The highest BCUT2D eigenvalue weighted by molar-refractivity contribution is 5.34. The van der Waals surface area contributed by atoms with Gasteiger partial charge in [-0.25, -0.2) is 0 Å². The summed E-state index contributed by atoms with van der Waals surface area (Å²) in [5.74, 6) is 0.279. The molecule has 0 aromatic heterocycles. The number of methoxy groups -OCH3 is 1. The maximum atomic E-state index is 9.79. The Morgan fingerprint density at radius 2 is 2.06 bits per heavy atom. The molecule has 2 unspecified atom stereocenters. The number of aromatic hydroxyl groups is 1. The minimum absolute atomic E-state index is 0.0118. The lowest BCUT2D eigenvalue weighted by atomic mass is 10.0. The second-order valence-electron chi connectivity index (χ2n) is 4.02. The number of aliphatic hydroxyl groups excluding tert-OH is 1. The monoisotopic (exact) mass is 239 g/mol. The van der Waals surface area contributed by atoms with Crippen LogP contribution in [-0.2, 0) is 4.74 Å². The Kier molecular flexibility index (Phi) is 5.97. The number of aliphatic hydroxyl groups is 1. The number of phenolic OH excluding ortho intramolecular Hbond substituents is 1. The van der Waals surface area contributed by atoms with E-state index in [0.717, 1.165) is 12.0 Å². The molecule has 0 saturated carbocycles. The molecule has 1 aromatic rings. The van der Waals surface area contributed by atoms with E-state index < -0.39 is 0 Å². The second-order valence-corrected chi connectivity index (χ2v) is 4.02. The third kappa shape index (κ3) is 4.00. The Morgan fingerprint density at radius 1 is 1.35 bits per heavy atom. The number of ether oxygens (including phenoxy) is 1. The Balaban J connectivity index is 2.74. The van der Waals surface area contributed by atoms with Crippen molar-refractivity contribution in [3.05, 3.63) is 29.8 Å². The molecule has 1 aromatic carbocycles. The van der Waals surface area contributed by atoms with Crippen molar-refractivity contribution in [3.63, 3.8) is 0 Å². The molecule has 96 valence electrons. The van der Waals surface area contributed by atoms with Crippen LogP contribution in [0.3, 0.4) is 0 Å². The molecule has 1 rings (SSSR count). The first-order chi connectivity index (χ1) is 8.22. The van der Waals surface area contributed by atoms with Crippen LogP contribution in [0.2, 0.25) is 0 Å². The minimum Gasteiger partial charge on any atom is -0.508 e. The Morgan fingerprint density at radius 3 is 2.59 bits per heavy atom. The van der Waals surface area contributed by atoms with Gasteiger partial charge in [-0.15, -0.1) is 0 Å². The summed E-state index contributed by atoms with van der Waals surface area (Å²) in [5.41, 5.74) is 0.851. The average molecular weight is 239 g/mol. The maximum absolute atomic E-state index is 9.79. The summed E-state index contributed by atoms with van der Waals surface area (Å²) >= 11 is 0.